The van der Waals surface area contributed by atoms with Crippen molar-refractivity contribution in [2.24, 2.45) is 0 Å². The van der Waals surface area contributed by atoms with Crippen LogP contribution in [0.3, 0.4) is 0 Å². The fourth-order valence-corrected chi connectivity index (χ4v) is 9.97. The minimum absolute atomic E-state index is 0.0874. The maximum absolute atomic E-state index is 5.33. The molecule has 0 bridgehead atoms. The predicted molar refractivity (Wildman–Crippen MR) is 229 cm³/mol. The second-order valence-corrected chi connectivity index (χ2v) is 16.0. The summed E-state index contributed by atoms with van der Waals surface area (Å²) in [4.78, 5) is 10.6. The summed E-state index contributed by atoms with van der Waals surface area (Å²) in [6.07, 6.45) is 0. The molecule has 254 valence electrons. The number of aromatic nitrogens is 2. The van der Waals surface area contributed by atoms with E-state index in [1.54, 1.807) is 0 Å². The first-order valence-corrected chi connectivity index (χ1v) is 19.4. The van der Waals surface area contributed by atoms with E-state index in [1.807, 2.05) is 11.3 Å². The highest BCUT2D eigenvalue weighted by Gasteiger charge is 2.37. The van der Waals surface area contributed by atoms with Gasteiger partial charge in [-0.2, -0.15) is 0 Å². The summed E-state index contributed by atoms with van der Waals surface area (Å²) in [5, 5.41) is 7.50. The van der Waals surface area contributed by atoms with Gasteiger partial charge in [0.2, 0.25) is 0 Å². The maximum atomic E-state index is 5.33. The molecule has 0 amide bonds. The maximum Gasteiger partial charge on any atom is 0.161 e. The van der Waals surface area contributed by atoms with Crippen molar-refractivity contribution in [3.05, 3.63) is 181 Å². The summed E-state index contributed by atoms with van der Waals surface area (Å²) in [5.74, 6) is 0.723. The Balaban J connectivity index is 1.08. The molecule has 1 aliphatic carbocycles. The molecule has 11 rings (SSSR count). The molecule has 8 aromatic carbocycles. The van der Waals surface area contributed by atoms with Crippen LogP contribution in [0.5, 0.6) is 0 Å². The fourth-order valence-electron chi connectivity index (χ4n) is 8.89. The number of fused-ring (bicyclic) bond motifs is 9. The quantitative estimate of drug-likeness (QED) is 0.182. The van der Waals surface area contributed by atoms with E-state index >= 15 is 0 Å². The lowest BCUT2D eigenvalue weighted by Crippen LogP contribution is -2.15. The van der Waals surface area contributed by atoms with Gasteiger partial charge < -0.3 is 0 Å². The van der Waals surface area contributed by atoms with Crippen LogP contribution in [0, 0.1) is 0 Å². The molecule has 2 aromatic heterocycles. The molecule has 0 N–H and O–H groups in total. The molecule has 2 nitrogen and oxygen atoms in total. The molecule has 0 radical (unpaired) electrons. The molecule has 0 aliphatic heterocycles. The van der Waals surface area contributed by atoms with Crippen molar-refractivity contribution in [2.45, 2.75) is 19.3 Å². The van der Waals surface area contributed by atoms with Gasteiger partial charge in [-0.3, -0.25) is 0 Å². The van der Waals surface area contributed by atoms with Crippen LogP contribution in [0.4, 0.5) is 0 Å². The van der Waals surface area contributed by atoms with Gasteiger partial charge in [-0.1, -0.05) is 147 Å². The normalized spacial score (nSPS) is 13.1. The second kappa shape index (κ2) is 11.8. The zero-order valence-corrected chi connectivity index (χ0v) is 30.8. The van der Waals surface area contributed by atoms with Gasteiger partial charge in [0.05, 0.1) is 11.4 Å². The van der Waals surface area contributed by atoms with Crippen LogP contribution in [0.15, 0.2) is 170 Å². The lowest BCUT2D eigenvalue weighted by atomic mass is 9.80. The van der Waals surface area contributed by atoms with Gasteiger partial charge in [-0.15, -0.1) is 11.3 Å². The number of hydrogen-bond acceptors (Lipinski definition) is 3. The van der Waals surface area contributed by atoms with Gasteiger partial charge >= 0.3 is 0 Å². The summed E-state index contributed by atoms with van der Waals surface area (Å²) in [5.41, 5.74) is 12.8. The first-order valence-electron chi connectivity index (χ1n) is 18.6. The monoisotopic (exact) mass is 706 g/mol. The molecule has 1 aliphatic rings. The molecular weight excluding hydrogens is 673 g/mol. The first kappa shape index (κ1) is 31.1. The molecule has 0 saturated heterocycles. The number of thiophene rings is 1. The molecule has 0 atom stereocenters. The zero-order valence-electron chi connectivity index (χ0n) is 30.0. The Bertz CT molecular complexity index is 3130. The van der Waals surface area contributed by atoms with Crippen molar-refractivity contribution >= 4 is 53.1 Å². The Labute approximate surface area is 318 Å². The molecule has 0 saturated carbocycles. The van der Waals surface area contributed by atoms with Gasteiger partial charge in [0.1, 0.15) is 0 Å². The summed E-state index contributed by atoms with van der Waals surface area (Å²) < 4.78 is 2.58. The van der Waals surface area contributed by atoms with Crippen molar-refractivity contribution in [3.63, 3.8) is 0 Å². The fraction of sp³-hybridized carbons (Fsp3) is 0.0588. The van der Waals surface area contributed by atoms with E-state index < -0.39 is 0 Å². The summed E-state index contributed by atoms with van der Waals surface area (Å²) >= 11 is 1.84. The number of rotatable bonds is 4. The molecule has 2 heterocycles. The van der Waals surface area contributed by atoms with E-state index in [-0.39, 0.29) is 5.41 Å². The first-order chi connectivity index (χ1) is 26.5. The van der Waals surface area contributed by atoms with Crippen LogP contribution in [-0.4, -0.2) is 9.97 Å². The molecule has 3 heteroatoms. The van der Waals surface area contributed by atoms with Gasteiger partial charge in [-0.25, -0.2) is 9.97 Å². The van der Waals surface area contributed by atoms with E-state index in [9.17, 15) is 0 Å². The number of nitrogens with zero attached hydrogens (tertiary/aromatic N) is 2. The van der Waals surface area contributed by atoms with Crippen LogP contribution in [-0.2, 0) is 5.41 Å². The molecule has 54 heavy (non-hydrogen) atoms. The van der Waals surface area contributed by atoms with Gasteiger partial charge in [0, 0.05) is 42.3 Å². The SMILES string of the molecule is CC1(C)c2ccc(-c3ccc(-c4nc(-c5ccccc5)cc(-c5ccc6sc7ccccc7c6c5)n4)c4ccccc34)cc2-c2ccc3ccccc3c21. The van der Waals surface area contributed by atoms with Crippen LogP contribution >= 0.6 is 11.3 Å². The smallest absolute Gasteiger partial charge is 0.161 e. The van der Waals surface area contributed by atoms with Crippen LogP contribution in [0.25, 0.3) is 97.9 Å². The minimum Gasteiger partial charge on any atom is -0.228 e. The van der Waals surface area contributed by atoms with Gasteiger partial charge in [-0.05, 0) is 91.3 Å². The third-order valence-electron chi connectivity index (χ3n) is 11.5. The number of hydrogen-bond donors (Lipinski definition) is 0. The van der Waals surface area contributed by atoms with Crippen molar-refractivity contribution < 1.29 is 0 Å². The third kappa shape index (κ3) is 4.72. The largest absolute Gasteiger partial charge is 0.228 e. The number of benzene rings is 8. The highest BCUT2D eigenvalue weighted by Crippen LogP contribution is 2.52. The molecule has 10 aromatic rings. The highest BCUT2D eigenvalue weighted by molar-refractivity contribution is 7.25. The average molecular weight is 707 g/mol. The van der Waals surface area contributed by atoms with Crippen LogP contribution < -0.4 is 0 Å². The summed E-state index contributed by atoms with van der Waals surface area (Å²) in [6.45, 7) is 4.73. The predicted octanol–water partition coefficient (Wildman–Crippen LogP) is 14.1. The lowest BCUT2D eigenvalue weighted by Gasteiger charge is -2.23. The standard InChI is InChI=1S/C51H34N2S/c1-51(2)44-26-21-33(28-42(44)40-23-20-31-12-6-7-15-36(31)49(40)51)35-24-25-41(38-17-9-8-16-37(35)38)50-52-45(32-13-4-3-5-14-32)30-46(53-50)34-22-27-48-43(29-34)39-18-10-11-19-47(39)54-48/h3-30H,1-2H3. The van der Waals surface area contributed by atoms with E-state index in [0.717, 1.165) is 39.3 Å². The minimum atomic E-state index is -0.0874. The third-order valence-corrected chi connectivity index (χ3v) is 12.6. The Morgan fingerprint density at radius 2 is 1.04 bits per heavy atom. The lowest BCUT2D eigenvalue weighted by molar-refractivity contribution is 0.666. The summed E-state index contributed by atoms with van der Waals surface area (Å²) in [6, 6.07) is 61.7. The van der Waals surface area contributed by atoms with E-state index in [2.05, 4.69) is 184 Å². The van der Waals surface area contributed by atoms with Crippen molar-refractivity contribution in [3.8, 4) is 56.2 Å². The highest BCUT2D eigenvalue weighted by atomic mass is 32.1. The van der Waals surface area contributed by atoms with Gasteiger partial charge in [0.15, 0.2) is 5.82 Å². The van der Waals surface area contributed by atoms with Crippen molar-refractivity contribution in [2.75, 3.05) is 0 Å². The Morgan fingerprint density at radius 3 is 1.87 bits per heavy atom. The average Bonchev–Trinajstić information content (AvgIpc) is 3.71. The Morgan fingerprint density at radius 1 is 0.407 bits per heavy atom. The van der Waals surface area contributed by atoms with Crippen LogP contribution in [0.2, 0.25) is 0 Å². The molecule has 0 spiro atoms. The second-order valence-electron chi connectivity index (χ2n) is 14.9. The summed E-state index contributed by atoms with van der Waals surface area (Å²) in [7, 11) is 0. The molecule has 0 fully saturated rings. The van der Waals surface area contributed by atoms with Crippen LogP contribution in [0.1, 0.15) is 25.0 Å². The van der Waals surface area contributed by atoms with Crippen molar-refractivity contribution in [1.29, 1.82) is 0 Å². The van der Waals surface area contributed by atoms with Gasteiger partial charge in [0.25, 0.3) is 0 Å². The Hall–Kier alpha value is -6.42. The van der Waals surface area contributed by atoms with E-state index in [4.69, 9.17) is 9.97 Å². The zero-order chi connectivity index (χ0) is 36.0. The van der Waals surface area contributed by atoms with E-state index in [0.29, 0.717) is 0 Å². The van der Waals surface area contributed by atoms with Crippen molar-refractivity contribution in [1.82, 2.24) is 9.97 Å². The Kier molecular flexibility index (Phi) is 6.80. The van der Waals surface area contributed by atoms with E-state index in [1.165, 1.54) is 69.7 Å². The topological polar surface area (TPSA) is 25.8 Å². The molecular formula is C51H34N2S. The molecule has 0 unspecified atom stereocenters.